The minimum absolute atomic E-state index is 0.145. The molecule has 314 valence electrons. The Kier molecular flexibility index (Phi) is 35.1. The molecule has 0 aliphatic carbocycles. The van der Waals surface area contributed by atoms with Crippen molar-refractivity contribution in [2.45, 2.75) is 174 Å². The molecule has 0 fully saturated rings. The van der Waals surface area contributed by atoms with Crippen molar-refractivity contribution in [3.8, 4) is 0 Å². The third-order valence-corrected chi connectivity index (χ3v) is 9.47. The van der Waals surface area contributed by atoms with Crippen molar-refractivity contribution < 1.29 is 52.9 Å². The lowest BCUT2D eigenvalue weighted by atomic mass is 10.0. The number of allylic oxidation sites excluding steroid dienone is 7. The zero-order valence-corrected chi connectivity index (χ0v) is 34.6. The highest BCUT2D eigenvalue weighted by Crippen LogP contribution is 2.43. The largest absolute Gasteiger partial charge is 0.472 e. The number of esters is 2. The molecule has 1 unspecified atom stereocenters. The van der Waals surface area contributed by atoms with E-state index in [1.807, 2.05) is 36.5 Å². The van der Waals surface area contributed by atoms with Crippen LogP contribution in [0.5, 0.6) is 0 Å². The molecule has 0 bridgehead atoms. The third kappa shape index (κ3) is 36.8. The molecule has 0 saturated heterocycles. The Morgan fingerprint density at radius 2 is 1.24 bits per heavy atom. The van der Waals surface area contributed by atoms with Crippen LogP contribution in [0.25, 0.3) is 0 Å². The average molecular weight is 787 g/mol. The van der Waals surface area contributed by atoms with Gasteiger partial charge in [0.1, 0.15) is 12.7 Å². The number of ether oxygens (including phenoxy) is 2. The summed E-state index contributed by atoms with van der Waals surface area (Å²) in [6.45, 7) is 4.46. The van der Waals surface area contributed by atoms with Crippen LogP contribution in [0.1, 0.15) is 156 Å². The smallest absolute Gasteiger partial charge is 0.462 e. The minimum Gasteiger partial charge on any atom is -0.462 e. The van der Waals surface area contributed by atoms with Crippen LogP contribution in [0, 0.1) is 5.92 Å². The normalized spacial score (nSPS) is 15.1. The van der Waals surface area contributed by atoms with Crippen LogP contribution in [0.2, 0.25) is 0 Å². The molecule has 0 aliphatic heterocycles. The Labute approximate surface area is 326 Å². The van der Waals surface area contributed by atoms with E-state index in [2.05, 4.69) is 37.4 Å². The number of unbranched alkanes of at least 4 members (excludes halogenated alkanes) is 12. The number of phosphoric ester groups is 1. The van der Waals surface area contributed by atoms with Crippen LogP contribution < -0.4 is 0 Å². The Morgan fingerprint density at radius 1 is 0.667 bits per heavy atom. The number of phosphoric acid groups is 1. The van der Waals surface area contributed by atoms with E-state index in [1.165, 1.54) is 44.9 Å². The second-order valence-corrected chi connectivity index (χ2v) is 15.8. The second kappa shape index (κ2) is 36.5. The molecule has 0 amide bonds. The monoisotopic (exact) mass is 787 g/mol. The van der Waals surface area contributed by atoms with E-state index in [9.17, 15) is 29.3 Å². The molecule has 0 spiro atoms. The van der Waals surface area contributed by atoms with Gasteiger partial charge in [-0.1, -0.05) is 153 Å². The summed E-state index contributed by atoms with van der Waals surface area (Å²) >= 11 is 0. The number of carbonyl (C=O) groups is 2. The van der Waals surface area contributed by atoms with Crippen LogP contribution >= 0.6 is 7.82 Å². The van der Waals surface area contributed by atoms with Gasteiger partial charge in [-0.15, -0.1) is 0 Å². The fourth-order valence-corrected chi connectivity index (χ4v) is 6.07. The van der Waals surface area contributed by atoms with Crippen molar-refractivity contribution in [2.24, 2.45) is 5.92 Å². The first-order valence-corrected chi connectivity index (χ1v) is 22.1. The summed E-state index contributed by atoms with van der Waals surface area (Å²) < 4.78 is 32.6. The number of hydrogen-bond donors (Lipinski definition) is 4. The molecule has 0 aliphatic rings. The number of aliphatic hydroxyl groups excluding tert-OH is 3. The highest BCUT2D eigenvalue weighted by molar-refractivity contribution is 7.47. The van der Waals surface area contributed by atoms with Gasteiger partial charge in [-0.3, -0.25) is 18.6 Å². The van der Waals surface area contributed by atoms with Crippen molar-refractivity contribution in [2.75, 3.05) is 26.4 Å². The number of aliphatic hydroxyl groups is 3. The molecule has 0 saturated carbocycles. The maximum atomic E-state index is 12.6. The standard InChI is InChI=1S/C42H75O11P/c1-4-5-23-29-38(44)30-25-20-16-12-7-6-8-13-17-21-26-31-41(46)50-35-40(36-52-54(48,49)51-34-39(45)33-43)53-42(47)32-27-22-18-14-10-9-11-15-19-24-28-37(2)3/h6-7,13,16-17,20,25,30,37-40,43-45H,4-5,8-12,14-15,18-19,21-24,26-29,31-36H2,1-3H3,(H,48,49)/b7-6-,17-13-,20-16-,30-25+/t38-,39+,40-/m1/s1. The predicted molar refractivity (Wildman–Crippen MR) is 216 cm³/mol. The number of rotatable bonds is 37. The van der Waals surface area contributed by atoms with E-state index >= 15 is 0 Å². The predicted octanol–water partition coefficient (Wildman–Crippen LogP) is 9.38. The highest BCUT2D eigenvalue weighted by atomic mass is 31.2. The Balaban J connectivity index is 4.47. The van der Waals surface area contributed by atoms with E-state index in [4.69, 9.17) is 19.1 Å². The summed E-state index contributed by atoms with van der Waals surface area (Å²) in [5, 5.41) is 28.2. The Bertz CT molecular complexity index is 1070. The maximum absolute atomic E-state index is 12.6. The maximum Gasteiger partial charge on any atom is 0.472 e. The molecule has 4 atom stereocenters. The van der Waals surface area contributed by atoms with E-state index in [-0.39, 0.29) is 25.6 Å². The van der Waals surface area contributed by atoms with Crippen molar-refractivity contribution in [1.29, 1.82) is 0 Å². The van der Waals surface area contributed by atoms with Gasteiger partial charge in [0.25, 0.3) is 0 Å². The lowest BCUT2D eigenvalue weighted by molar-refractivity contribution is -0.161. The summed E-state index contributed by atoms with van der Waals surface area (Å²) in [6, 6.07) is 0. The molecule has 0 aromatic carbocycles. The first-order valence-electron chi connectivity index (χ1n) is 20.6. The summed E-state index contributed by atoms with van der Waals surface area (Å²) in [5.74, 6) is -0.242. The molecule has 4 N–H and O–H groups in total. The Hall–Kier alpha value is -2.11. The van der Waals surface area contributed by atoms with E-state index < -0.39 is 51.8 Å². The van der Waals surface area contributed by atoms with Crippen molar-refractivity contribution >= 4 is 19.8 Å². The van der Waals surface area contributed by atoms with Crippen molar-refractivity contribution in [1.82, 2.24) is 0 Å². The van der Waals surface area contributed by atoms with Gasteiger partial charge in [-0.05, 0) is 44.4 Å². The van der Waals surface area contributed by atoms with E-state index in [1.54, 1.807) is 0 Å². The van der Waals surface area contributed by atoms with Gasteiger partial charge in [-0.25, -0.2) is 4.57 Å². The van der Waals surface area contributed by atoms with E-state index in [0.717, 1.165) is 63.7 Å². The quantitative estimate of drug-likeness (QED) is 0.0156. The Morgan fingerprint density at radius 3 is 1.89 bits per heavy atom. The van der Waals surface area contributed by atoms with Crippen molar-refractivity contribution in [3.63, 3.8) is 0 Å². The molecule has 0 aromatic rings. The number of carbonyl (C=O) groups excluding carboxylic acids is 2. The molecule has 0 aromatic heterocycles. The van der Waals surface area contributed by atoms with Crippen molar-refractivity contribution in [3.05, 3.63) is 48.6 Å². The molecule has 54 heavy (non-hydrogen) atoms. The topological polar surface area (TPSA) is 169 Å². The van der Waals surface area contributed by atoms with Crippen LogP contribution in [0.3, 0.4) is 0 Å². The van der Waals surface area contributed by atoms with Gasteiger partial charge in [0.15, 0.2) is 6.10 Å². The molecule has 0 radical (unpaired) electrons. The summed E-state index contributed by atoms with van der Waals surface area (Å²) in [7, 11) is -4.64. The highest BCUT2D eigenvalue weighted by Gasteiger charge is 2.27. The zero-order chi connectivity index (χ0) is 40.1. The lowest BCUT2D eigenvalue weighted by Crippen LogP contribution is -2.29. The lowest BCUT2D eigenvalue weighted by Gasteiger charge is -2.20. The van der Waals surface area contributed by atoms with E-state index in [0.29, 0.717) is 19.3 Å². The fraction of sp³-hybridized carbons (Fsp3) is 0.762. The van der Waals surface area contributed by atoms with Crippen LogP contribution in [-0.2, 0) is 32.7 Å². The third-order valence-electron chi connectivity index (χ3n) is 8.52. The van der Waals surface area contributed by atoms with Gasteiger partial charge >= 0.3 is 19.8 Å². The van der Waals surface area contributed by atoms with Gasteiger partial charge in [0, 0.05) is 12.8 Å². The second-order valence-electron chi connectivity index (χ2n) is 14.3. The molecular formula is C42H75O11P. The van der Waals surface area contributed by atoms with Gasteiger partial charge in [0.2, 0.25) is 0 Å². The van der Waals surface area contributed by atoms with Gasteiger partial charge in [-0.2, -0.15) is 0 Å². The van der Waals surface area contributed by atoms with Crippen LogP contribution in [-0.4, -0.2) is 76.9 Å². The van der Waals surface area contributed by atoms with Gasteiger partial charge in [0.05, 0.1) is 25.9 Å². The molecule has 11 nitrogen and oxygen atoms in total. The summed E-state index contributed by atoms with van der Waals surface area (Å²) in [6.07, 6.45) is 32.8. The first-order chi connectivity index (χ1) is 26.0. The minimum atomic E-state index is -4.64. The first kappa shape index (κ1) is 51.9. The zero-order valence-electron chi connectivity index (χ0n) is 33.7. The van der Waals surface area contributed by atoms with Crippen LogP contribution in [0.15, 0.2) is 48.6 Å². The average Bonchev–Trinajstić information content (AvgIpc) is 3.14. The number of hydrogen-bond acceptors (Lipinski definition) is 10. The van der Waals surface area contributed by atoms with Gasteiger partial charge < -0.3 is 29.7 Å². The molecule has 0 heterocycles. The summed E-state index contributed by atoms with van der Waals surface area (Å²) in [4.78, 5) is 34.9. The summed E-state index contributed by atoms with van der Waals surface area (Å²) in [5.41, 5.74) is 0. The molecule has 12 heteroatoms. The molecule has 0 rings (SSSR count). The fourth-order valence-electron chi connectivity index (χ4n) is 5.28. The van der Waals surface area contributed by atoms with Crippen LogP contribution in [0.4, 0.5) is 0 Å². The molecular weight excluding hydrogens is 711 g/mol. The SMILES string of the molecule is CCCCC[C@@H](O)/C=C/C=C\C/C=C\C/C=C\CCCC(=O)OC[C@H](COP(=O)(O)OC[C@@H](O)CO)OC(=O)CCCCCCCCCCCCC(C)C.